The fourth-order valence-corrected chi connectivity index (χ4v) is 10.2. The second-order valence-electron chi connectivity index (χ2n) is 23.9. The smallest absolute Gasteiger partial charge is 0.242 e. The van der Waals surface area contributed by atoms with Gasteiger partial charge in [-0.1, -0.05) is 13.8 Å². The van der Waals surface area contributed by atoms with Gasteiger partial charge in [-0.2, -0.15) is 0 Å². The van der Waals surface area contributed by atoms with Gasteiger partial charge in [-0.05, 0) is 32.1 Å². The van der Waals surface area contributed by atoms with Crippen LogP contribution >= 0.6 is 0 Å². The molecule has 38 heteroatoms. The molecular weight excluding hydrogens is 1340 g/mol. The van der Waals surface area contributed by atoms with Gasteiger partial charge in [-0.25, -0.2) is 0 Å². The van der Waals surface area contributed by atoms with Crippen LogP contribution in [0.2, 0.25) is 0 Å². The Labute approximate surface area is 582 Å². The highest BCUT2D eigenvalue weighted by Crippen LogP contribution is 2.25. The molecule has 3 rings (SSSR count). The number of amides is 7. The molecule has 0 aromatic rings. The zero-order chi connectivity index (χ0) is 73.6. The number of rotatable bonds is 56. The van der Waals surface area contributed by atoms with Crippen LogP contribution in [0, 0.1) is 0 Å². The van der Waals surface area contributed by atoms with E-state index in [2.05, 4.69) is 42.5 Å². The van der Waals surface area contributed by atoms with E-state index in [9.17, 15) is 79.5 Å². The highest BCUT2D eigenvalue weighted by molar-refractivity contribution is 5.89. The van der Waals surface area contributed by atoms with Crippen LogP contribution in [0.25, 0.3) is 0 Å². The number of carbonyl (C=O) groups is 7. The van der Waals surface area contributed by atoms with Crippen molar-refractivity contribution >= 4 is 41.4 Å². The van der Waals surface area contributed by atoms with Gasteiger partial charge in [-0.3, -0.25) is 33.6 Å². The molecule has 0 spiro atoms. The number of nitrogens with one attached hydrogen (secondary N) is 8. The summed E-state index contributed by atoms with van der Waals surface area (Å²) in [6.45, 7) is 9.45. The number of aliphatic hydroxyl groups excluding tert-OH is 9. The van der Waals surface area contributed by atoms with Crippen LogP contribution in [-0.2, 0) is 99.9 Å². The largest absolute Gasteiger partial charge is 0.394 e. The van der Waals surface area contributed by atoms with Gasteiger partial charge in [-0.15, -0.1) is 0 Å². The van der Waals surface area contributed by atoms with Gasteiger partial charge in [0.25, 0.3) is 0 Å². The maximum Gasteiger partial charge on any atom is 0.242 e. The molecule has 100 heavy (non-hydrogen) atoms. The number of aliphatic hydroxyl groups is 9. The van der Waals surface area contributed by atoms with Crippen LogP contribution in [0.4, 0.5) is 0 Å². The molecule has 3 aliphatic rings. The molecule has 3 aliphatic heterocycles. The van der Waals surface area contributed by atoms with E-state index in [0.29, 0.717) is 25.9 Å². The lowest BCUT2D eigenvalue weighted by Gasteiger charge is -2.42. The Morgan fingerprint density at radius 1 is 0.370 bits per heavy atom. The summed E-state index contributed by atoms with van der Waals surface area (Å²) < 4.78 is 78.1. The summed E-state index contributed by atoms with van der Waals surface area (Å²) in [7, 11) is 0. The van der Waals surface area contributed by atoms with Crippen molar-refractivity contribution in [3.8, 4) is 0 Å². The van der Waals surface area contributed by atoms with Crippen molar-refractivity contribution in [1.29, 1.82) is 0 Å². The molecule has 17 N–H and O–H groups in total. The Morgan fingerprint density at radius 3 is 1.05 bits per heavy atom. The quantitative estimate of drug-likeness (QED) is 0.0252. The van der Waals surface area contributed by atoms with Gasteiger partial charge >= 0.3 is 0 Å². The first-order valence-electron chi connectivity index (χ1n) is 34.1. The summed E-state index contributed by atoms with van der Waals surface area (Å²) in [5.74, 6) is -3.30. The van der Waals surface area contributed by atoms with Crippen LogP contribution < -0.4 is 42.5 Å². The minimum Gasteiger partial charge on any atom is -0.394 e. The second-order valence-corrected chi connectivity index (χ2v) is 23.9. The van der Waals surface area contributed by atoms with Crippen LogP contribution in [-0.4, -0.2) is 362 Å². The summed E-state index contributed by atoms with van der Waals surface area (Å²) in [4.78, 5) is 88.3. The van der Waals surface area contributed by atoms with E-state index in [4.69, 9.17) is 66.3 Å². The minimum atomic E-state index is -1.44. The van der Waals surface area contributed by atoms with Crippen LogP contribution in [0.5, 0.6) is 0 Å². The molecule has 0 aromatic heterocycles. The molecule has 3 fully saturated rings. The Morgan fingerprint density at radius 2 is 0.680 bits per heavy atom. The Kier molecular flexibility index (Phi) is 47.6. The summed E-state index contributed by atoms with van der Waals surface area (Å²) in [5, 5.41) is 112. The SMILES string of the molecule is CC(=O)N[C@H]1[C@H](OCCCCCOCCOCCNC(=O)C(CCC(=O)NCCOCCOCCOCCO[C@@H]2O[C@H](CO)[C@H](O)[C@H](O)[C@H]2NC(C)=O)NC(=O)CCC(NC(C)C)C(=O)NCCOCCOCCOCCO[C@@H]2O[C@H](CO)[C@H](O)[C@H](O)[C@H]2NC(C)=O)O[C@H](CO)[C@H](O)[C@@H]1O. The molecule has 582 valence electrons. The Bertz CT molecular complexity index is 2260. The topological polar surface area (TPSA) is 527 Å². The molecular formula is C62H114N8O30. The number of unbranched alkanes of at least 4 members (excludes halogenated alkanes) is 2. The first-order chi connectivity index (χ1) is 48.0. The molecule has 0 bridgehead atoms. The van der Waals surface area contributed by atoms with E-state index in [1.54, 1.807) is 0 Å². The first-order valence-corrected chi connectivity index (χ1v) is 34.1. The van der Waals surface area contributed by atoms with Crippen LogP contribution in [0.3, 0.4) is 0 Å². The molecule has 0 radical (unpaired) electrons. The maximum absolute atomic E-state index is 13.6. The second kappa shape index (κ2) is 53.2. The van der Waals surface area contributed by atoms with Gasteiger partial charge in [0.1, 0.15) is 79.1 Å². The van der Waals surface area contributed by atoms with Crippen molar-refractivity contribution in [2.75, 3.05) is 165 Å². The summed E-state index contributed by atoms with van der Waals surface area (Å²) >= 11 is 0. The normalized spacial score (nSPS) is 25.9. The zero-order valence-electron chi connectivity index (χ0n) is 58.1. The lowest BCUT2D eigenvalue weighted by Crippen LogP contribution is -2.64. The van der Waals surface area contributed by atoms with Crippen molar-refractivity contribution in [1.82, 2.24) is 42.5 Å². The third-order valence-corrected chi connectivity index (χ3v) is 15.3. The van der Waals surface area contributed by atoms with Gasteiger partial charge in [0.15, 0.2) is 18.9 Å². The van der Waals surface area contributed by atoms with E-state index in [0.717, 1.165) is 0 Å². The predicted molar refractivity (Wildman–Crippen MR) is 346 cm³/mol. The standard InChI is InChI=1S/C62H114N8O30/c1-38(2)66-42(58(85)64-14-19-90-24-26-92-28-30-94-32-34-97-62-51(69-41(5)76)57(84)54(81)46(37-73)100-62)10-12-48(78)70-43(59(86)65-15-20-89-22-21-87-16-7-6-8-17-95-60-49(67-39(3)74)55(82)52(79)44(35-71)98-60)9-11-47(77)63-13-18-88-23-25-91-27-29-93-31-33-96-61-50(68-40(4)75)56(83)53(80)45(36-72)99-61/h38,42-46,49-57,60-62,66,71-73,79-84H,6-37H2,1-5H3,(H,63,77)(H,64,85)(H,65,86)(H,67,74)(H,68,75)(H,69,76)(H,70,78)/t42?,43?,44-,45-,46-,49-,50-,51-,52+,53+,54+,55-,56-,57-,60-,61-,62-/m1/s1. The summed E-state index contributed by atoms with van der Waals surface area (Å²) in [5.41, 5.74) is 0. The van der Waals surface area contributed by atoms with Gasteiger partial charge in [0, 0.05) is 72.5 Å². The zero-order valence-corrected chi connectivity index (χ0v) is 58.1. The highest BCUT2D eigenvalue weighted by atomic mass is 16.7. The first kappa shape index (κ1) is 89.5. The molecule has 3 saturated heterocycles. The molecule has 0 aromatic carbocycles. The fourth-order valence-electron chi connectivity index (χ4n) is 10.2. The number of hydrogen-bond donors (Lipinski definition) is 17. The van der Waals surface area contributed by atoms with Gasteiger partial charge < -0.3 is 155 Å². The van der Waals surface area contributed by atoms with Crippen molar-refractivity contribution in [2.24, 2.45) is 0 Å². The summed E-state index contributed by atoms with van der Waals surface area (Å²) in [6, 6.07) is -5.24. The van der Waals surface area contributed by atoms with Gasteiger partial charge in [0.05, 0.1) is 138 Å². The van der Waals surface area contributed by atoms with E-state index in [1.165, 1.54) is 20.8 Å². The lowest BCUT2D eigenvalue weighted by molar-refractivity contribution is -0.272. The molecule has 17 atom stereocenters. The van der Waals surface area contributed by atoms with Gasteiger partial charge in [0.2, 0.25) is 41.4 Å². The monoisotopic (exact) mass is 1450 g/mol. The molecule has 0 saturated carbocycles. The predicted octanol–water partition coefficient (Wildman–Crippen LogP) is -8.07. The molecule has 2 unspecified atom stereocenters. The maximum atomic E-state index is 13.6. The third kappa shape index (κ3) is 36.7. The van der Waals surface area contributed by atoms with E-state index in [-0.39, 0.29) is 176 Å². The highest BCUT2D eigenvalue weighted by Gasteiger charge is 2.48. The third-order valence-electron chi connectivity index (χ3n) is 15.3. The molecule has 7 amide bonds. The van der Waals surface area contributed by atoms with Crippen LogP contribution in [0.1, 0.15) is 79.6 Å². The van der Waals surface area contributed by atoms with Crippen molar-refractivity contribution in [3.05, 3.63) is 0 Å². The van der Waals surface area contributed by atoms with E-state index in [1.807, 2.05) is 13.8 Å². The number of ether oxygens (including phenoxy) is 14. The minimum absolute atomic E-state index is 0.00122. The summed E-state index contributed by atoms with van der Waals surface area (Å²) in [6.07, 6.45) is -13.6. The lowest BCUT2D eigenvalue weighted by atomic mass is 9.97. The van der Waals surface area contributed by atoms with E-state index >= 15 is 0 Å². The number of carbonyl (C=O) groups excluding carboxylic acids is 7. The number of hydrogen-bond acceptors (Lipinski definition) is 31. The Balaban J connectivity index is 1.36. The van der Waals surface area contributed by atoms with Crippen molar-refractivity contribution in [3.63, 3.8) is 0 Å². The molecule has 3 heterocycles. The average Bonchev–Trinajstić information content (AvgIpc) is 0.824. The molecule has 0 aliphatic carbocycles. The molecule has 38 nitrogen and oxygen atoms in total. The van der Waals surface area contributed by atoms with Crippen LogP contribution in [0.15, 0.2) is 0 Å². The average molecular weight is 1450 g/mol. The van der Waals surface area contributed by atoms with Crippen molar-refractivity contribution in [2.45, 2.75) is 190 Å². The van der Waals surface area contributed by atoms with E-state index < -0.39 is 159 Å². The Hall–Kier alpha value is -4.67. The fraction of sp³-hybridized carbons (Fsp3) is 0.887. The van der Waals surface area contributed by atoms with Crippen molar-refractivity contribution < 1.29 is 146 Å².